The van der Waals surface area contributed by atoms with Gasteiger partial charge in [-0.15, -0.1) is 0 Å². The Bertz CT molecular complexity index is 2930. The summed E-state index contributed by atoms with van der Waals surface area (Å²) in [6.07, 6.45) is 0. The number of hydrogen-bond acceptors (Lipinski definition) is 2. The molecule has 3 aromatic heterocycles. The second kappa shape index (κ2) is 12.0. The normalized spacial score (nSPS) is 11.4. The highest BCUT2D eigenvalue weighted by Gasteiger charge is 2.21. The van der Waals surface area contributed by atoms with Gasteiger partial charge in [-0.1, -0.05) is 115 Å². The second-order valence-electron chi connectivity index (χ2n) is 13.1. The fraction of sp³-hybridized carbons (Fsp3) is 0. The van der Waals surface area contributed by atoms with E-state index < -0.39 is 0 Å². The number of fused-ring (bicyclic) bond motifs is 7. The Balaban J connectivity index is 1.21. The first-order chi connectivity index (χ1) is 25.7. The summed E-state index contributed by atoms with van der Waals surface area (Å²) >= 11 is 0. The molecule has 52 heavy (non-hydrogen) atoms. The van der Waals surface area contributed by atoms with Crippen molar-refractivity contribution in [1.29, 1.82) is 5.26 Å². The molecule has 3 heterocycles. The standard InChI is InChI=1S/C48H30N4/c49-31-32-20-26-45-41(28-32)47-46(51(45)37-16-8-3-9-17-37)27-25-40-39-18-10-11-19-44(39)52(48(40)47)38-23-21-33(22-24-38)36-29-42(34-12-4-1-5-13-34)50-43(30-36)35-14-6-2-7-15-35/h1-30H. The molecule has 0 fully saturated rings. The van der Waals surface area contributed by atoms with Crippen LogP contribution in [0.4, 0.5) is 0 Å². The maximum Gasteiger partial charge on any atom is 0.0991 e. The van der Waals surface area contributed by atoms with Gasteiger partial charge in [-0.25, -0.2) is 4.98 Å². The highest BCUT2D eigenvalue weighted by Crippen LogP contribution is 2.42. The van der Waals surface area contributed by atoms with E-state index in [0.29, 0.717) is 5.56 Å². The molecule has 0 saturated heterocycles. The Hall–Kier alpha value is -7.22. The van der Waals surface area contributed by atoms with E-state index in [1.165, 1.54) is 10.8 Å². The fourth-order valence-corrected chi connectivity index (χ4v) is 7.77. The summed E-state index contributed by atoms with van der Waals surface area (Å²) in [5, 5.41) is 14.5. The van der Waals surface area contributed by atoms with Crippen LogP contribution in [0.3, 0.4) is 0 Å². The summed E-state index contributed by atoms with van der Waals surface area (Å²) in [7, 11) is 0. The van der Waals surface area contributed by atoms with E-state index >= 15 is 0 Å². The topological polar surface area (TPSA) is 46.5 Å². The lowest BCUT2D eigenvalue weighted by Crippen LogP contribution is -1.96. The molecule has 0 N–H and O–H groups in total. The number of rotatable bonds is 5. The molecule has 0 radical (unpaired) electrons. The van der Waals surface area contributed by atoms with Crippen molar-refractivity contribution in [2.45, 2.75) is 0 Å². The van der Waals surface area contributed by atoms with E-state index in [0.717, 1.165) is 77.9 Å². The third-order valence-corrected chi connectivity index (χ3v) is 10.1. The highest BCUT2D eigenvalue weighted by molar-refractivity contribution is 6.26. The van der Waals surface area contributed by atoms with Crippen LogP contribution >= 0.6 is 0 Å². The van der Waals surface area contributed by atoms with Gasteiger partial charge in [-0.2, -0.15) is 5.26 Å². The molecule has 7 aromatic carbocycles. The smallest absolute Gasteiger partial charge is 0.0991 e. The van der Waals surface area contributed by atoms with Crippen LogP contribution in [0, 0.1) is 11.3 Å². The molecule has 4 nitrogen and oxygen atoms in total. The van der Waals surface area contributed by atoms with Gasteiger partial charge in [0.2, 0.25) is 0 Å². The molecule has 0 aliphatic carbocycles. The molecule has 10 rings (SSSR count). The van der Waals surface area contributed by atoms with Gasteiger partial charge in [-0.3, -0.25) is 0 Å². The third kappa shape index (κ3) is 4.72. The van der Waals surface area contributed by atoms with Crippen molar-refractivity contribution >= 4 is 43.6 Å². The average Bonchev–Trinajstić information content (AvgIpc) is 3.74. The number of nitriles is 1. The molecule has 0 aliphatic rings. The maximum atomic E-state index is 9.97. The van der Waals surface area contributed by atoms with Crippen LogP contribution in [0.1, 0.15) is 5.56 Å². The first-order valence-corrected chi connectivity index (χ1v) is 17.4. The Morgan fingerprint density at radius 3 is 1.65 bits per heavy atom. The van der Waals surface area contributed by atoms with Gasteiger partial charge in [0, 0.05) is 44.0 Å². The van der Waals surface area contributed by atoms with Crippen molar-refractivity contribution in [1.82, 2.24) is 14.1 Å². The van der Waals surface area contributed by atoms with Crippen LogP contribution in [0.15, 0.2) is 182 Å². The summed E-state index contributed by atoms with van der Waals surface area (Å²) < 4.78 is 4.70. The van der Waals surface area contributed by atoms with E-state index in [4.69, 9.17) is 4.98 Å². The van der Waals surface area contributed by atoms with Crippen molar-refractivity contribution in [3.63, 3.8) is 0 Å². The molecule has 0 spiro atoms. The van der Waals surface area contributed by atoms with Crippen LogP contribution in [-0.4, -0.2) is 14.1 Å². The number of para-hydroxylation sites is 2. The summed E-state index contributed by atoms with van der Waals surface area (Å²) in [5.74, 6) is 0. The number of benzene rings is 7. The monoisotopic (exact) mass is 662 g/mol. The van der Waals surface area contributed by atoms with Crippen molar-refractivity contribution in [2.75, 3.05) is 0 Å². The highest BCUT2D eigenvalue weighted by atomic mass is 15.0. The lowest BCUT2D eigenvalue weighted by atomic mass is 10.00. The molecule has 4 heteroatoms. The van der Waals surface area contributed by atoms with Crippen LogP contribution < -0.4 is 0 Å². The molecular formula is C48H30N4. The Morgan fingerprint density at radius 2 is 0.981 bits per heavy atom. The first-order valence-electron chi connectivity index (χ1n) is 17.4. The third-order valence-electron chi connectivity index (χ3n) is 10.1. The van der Waals surface area contributed by atoms with Crippen molar-refractivity contribution in [2.24, 2.45) is 0 Å². The minimum atomic E-state index is 0.644. The predicted octanol–water partition coefficient (Wildman–Crippen LogP) is 12.1. The average molecular weight is 663 g/mol. The zero-order valence-corrected chi connectivity index (χ0v) is 28.1. The van der Waals surface area contributed by atoms with Gasteiger partial charge >= 0.3 is 0 Å². The van der Waals surface area contributed by atoms with E-state index in [1.54, 1.807) is 0 Å². The van der Waals surface area contributed by atoms with Crippen molar-refractivity contribution < 1.29 is 0 Å². The first kappa shape index (κ1) is 29.7. The number of nitrogens with zero attached hydrogens (tertiary/aromatic N) is 4. The zero-order chi connectivity index (χ0) is 34.6. The SMILES string of the molecule is N#Cc1ccc2c(c1)c1c(ccc3c4ccccc4n(-c4ccc(-c5cc(-c6ccccc6)nc(-c6ccccc6)c5)cc4)c31)n2-c1ccccc1. The Labute approximate surface area is 300 Å². The molecule has 0 unspecified atom stereocenters. The molecule has 0 atom stereocenters. The van der Waals surface area contributed by atoms with Gasteiger partial charge in [0.25, 0.3) is 0 Å². The molecule has 0 bridgehead atoms. The van der Waals surface area contributed by atoms with Crippen LogP contribution in [-0.2, 0) is 0 Å². The van der Waals surface area contributed by atoms with Crippen LogP contribution in [0.2, 0.25) is 0 Å². The second-order valence-corrected chi connectivity index (χ2v) is 13.1. The summed E-state index contributed by atoms with van der Waals surface area (Å²) in [6.45, 7) is 0. The van der Waals surface area contributed by atoms with Crippen LogP contribution in [0.5, 0.6) is 0 Å². The number of hydrogen-bond donors (Lipinski definition) is 0. The predicted molar refractivity (Wildman–Crippen MR) is 214 cm³/mol. The van der Waals surface area contributed by atoms with E-state index in [9.17, 15) is 5.26 Å². The lowest BCUT2D eigenvalue weighted by molar-refractivity contribution is 1.17. The minimum Gasteiger partial charge on any atom is -0.309 e. The van der Waals surface area contributed by atoms with Gasteiger partial charge in [-0.05, 0) is 77.9 Å². The van der Waals surface area contributed by atoms with Crippen molar-refractivity contribution in [3.8, 4) is 51.1 Å². The Kier molecular flexibility index (Phi) is 6.84. The van der Waals surface area contributed by atoms with Crippen LogP contribution in [0.25, 0.3) is 88.6 Å². The lowest BCUT2D eigenvalue weighted by Gasteiger charge is -2.13. The molecule has 0 saturated carbocycles. The largest absolute Gasteiger partial charge is 0.309 e. The fourth-order valence-electron chi connectivity index (χ4n) is 7.77. The van der Waals surface area contributed by atoms with E-state index in [2.05, 4.69) is 167 Å². The zero-order valence-electron chi connectivity index (χ0n) is 28.1. The van der Waals surface area contributed by atoms with Crippen molar-refractivity contribution in [3.05, 3.63) is 188 Å². The summed E-state index contributed by atoms with van der Waals surface area (Å²) in [5.41, 5.74) is 13.5. The number of aromatic nitrogens is 3. The quantitative estimate of drug-likeness (QED) is 0.184. The summed E-state index contributed by atoms with van der Waals surface area (Å²) in [4.78, 5) is 5.09. The maximum absolute atomic E-state index is 9.97. The Morgan fingerprint density at radius 1 is 0.404 bits per heavy atom. The van der Waals surface area contributed by atoms with Gasteiger partial charge < -0.3 is 9.13 Å². The molecular weight excluding hydrogens is 633 g/mol. The molecule has 0 aliphatic heterocycles. The van der Waals surface area contributed by atoms with E-state index in [1.807, 2.05) is 30.3 Å². The number of pyridine rings is 1. The molecule has 242 valence electrons. The van der Waals surface area contributed by atoms with E-state index in [-0.39, 0.29) is 0 Å². The van der Waals surface area contributed by atoms with Gasteiger partial charge in [0.15, 0.2) is 0 Å². The minimum absolute atomic E-state index is 0.644. The van der Waals surface area contributed by atoms with Gasteiger partial charge in [0.1, 0.15) is 0 Å². The van der Waals surface area contributed by atoms with Gasteiger partial charge in [0.05, 0.1) is 45.1 Å². The molecule has 0 amide bonds. The molecule has 10 aromatic rings. The summed E-state index contributed by atoms with van der Waals surface area (Å²) in [6, 6.07) is 66.0.